The summed E-state index contributed by atoms with van der Waals surface area (Å²) in [7, 11) is -2.79. The Morgan fingerprint density at radius 3 is 1.12 bits per heavy atom. The van der Waals surface area contributed by atoms with Crippen LogP contribution in [-0.2, 0) is 0 Å². The molecule has 0 spiro atoms. The molecule has 4 aromatic heterocycles. The van der Waals surface area contributed by atoms with Crippen molar-refractivity contribution in [3.63, 3.8) is 0 Å². The molecule has 16 rings (SSSR count). The fraction of sp³-hybridized carbons (Fsp3) is 0.0130. The van der Waals surface area contributed by atoms with Gasteiger partial charge in [-0.3, -0.25) is 0 Å². The highest BCUT2D eigenvalue weighted by atomic mass is 28.3. The van der Waals surface area contributed by atoms with Gasteiger partial charge in [-0.2, -0.15) is 0 Å². The second kappa shape index (κ2) is 19.6. The van der Waals surface area contributed by atoms with Crippen LogP contribution in [-0.4, -0.2) is 31.7 Å². The summed E-state index contributed by atoms with van der Waals surface area (Å²) in [5, 5.41) is 12.7. The fourth-order valence-electron chi connectivity index (χ4n) is 13.4. The maximum Gasteiger partial charge on any atom is 0.179 e. The van der Waals surface area contributed by atoms with Gasteiger partial charge in [-0.15, -0.1) is 0 Å². The van der Waals surface area contributed by atoms with E-state index in [2.05, 4.69) is 318 Å². The minimum atomic E-state index is -2.79. The highest BCUT2D eigenvalue weighted by Crippen LogP contribution is 2.40. The molecule has 16 aromatic rings. The third kappa shape index (κ3) is 7.83. The molecule has 0 unspecified atom stereocenters. The Hall–Kier alpha value is -10.7. The van der Waals surface area contributed by atoms with Crippen molar-refractivity contribution in [1.82, 2.24) is 23.7 Å². The summed E-state index contributed by atoms with van der Waals surface area (Å²) in [5.41, 5.74) is 15.9. The lowest BCUT2D eigenvalue weighted by atomic mass is 10.0. The van der Waals surface area contributed by atoms with Crippen molar-refractivity contribution < 1.29 is 0 Å². The van der Waals surface area contributed by atoms with Crippen LogP contribution in [0.5, 0.6) is 0 Å². The molecule has 0 bridgehead atoms. The van der Waals surface area contributed by atoms with Gasteiger partial charge in [0, 0.05) is 66.1 Å². The van der Waals surface area contributed by atoms with Crippen molar-refractivity contribution in [1.29, 1.82) is 0 Å². The minimum Gasteiger partial charge on any atom is -0.309 e. The molecule has 12 aromatic carbocycles. The van der Waals surface area contributed by atoms with Gasteiger partial charge in [0.05, 0.1) is 44.5 Å². The molecule has 0 fully saturated rings. The molecule has 83 heavy (non-hydrogen) atoms. The predicted octanol–water partition coefficient (Wildman–Crippen LogP) is 16.5. The van der Waals surface area contributed by atoms with Gasteiger partial charge < -0.3 is 13.7 Å². The summed E-state index contributed by atoms with van der Waals surface area (Å²) in [4.78, 5) is 10.9. The van der Waals surface area contributed by atoms with E-state index in [0.29, 0.717) is 5.82 Å². The molecule has 6 heteroatoms. The third-order valence-electron chi connectivity index (χ3n) is 17.0. The minimum absolute atomic E-state index is 0.664. The lowest BCUT2D eigenvalue weighted by Gasteiger charge is -2.34. The molecule has 4 heterocycles. The summed E-state index contributed by atoms with van der Waals surface area (Å²) >= 11 is 0. The van der Waals surface area contributed by atoms with Gasteiger partial charge in [-0.05, 0) is 107 Å². The summed E-state index contributed by atoms with van der Waals surface area (Å²) < 4.78 is 7.26. The lowest BCUT2D eigenvalue weighted by Crippen LogP contribution is -2.74. The first kappa shape index (κ1) is 48.3. The summed E-state index contributed by atoms with van der Waals surface area (Å²) in [6.07, 6.45) is 0. The van der Waals surface area contributed by atoms with Crippen molar-refractivity contribution in [2.24, 2.45) is 0 Å². The highest BCUT2D eigenvalue weighted by Gasteiger charge is 2.41. The number of fused-ring (bicyclic) bond motifs is 9. The number of hydrogen-bond donors (Lipinski definition) is 0. The van der Waals surface area contributed by atoms with Gasteiger partial charge in [0.15, 0.2) is 13.9 Å². The third-order valence-corrected chi connectivity index (χ3v) is 21.8. The largest absolute Gasteiger partial charge is 0.309 e. The average molecular weight is 1080 g/mol. The van der Waals surface area contributed by atoms with Crippen LogP contribution in [0, 0.1) is 6.92 Å². The van der Waals surface area contributed by atoms with Crippen LogP contribution in [0.1, 0.15) is 5.56 Å². The van der Waals surface area contributed by atoms with Crippen molar-refractivity contribution >= 4 is 94.2 Å². The van der Waals surface area contributed by atoms with E-state index in [0.717, 1.165) is 72.7 Å². The molecule has 5 nitrogen and oxygen atoms in total. The number of hydrogen-bond acceptors (Lipinski definition) is 2. The topological polar surface area (TPSA) is 40.6 Å². The Morgan fingerprint density at radius 1 is 0.253 bits per heavy atom. The van der Waals surface area contributed by atoms with E-state index < -0.39 is 8.07 Å². The van der Waals surface area contributed by atoms with Gasteiger partial charge in [0.1, 0.15) is 0 Å². The van der Waals surface area contributed by atoms with Gasteiger partial charge >= 0.3 is 0 Å². The van der Waals surface area contributed by atoms with Crippen LogP contribution in [0.15, 0.2) is 303 Å². The van der Waals surface area contributed by atoms with Gasteiger partial charge in [0.2, 0.25) is 0 Å². The summed E-state index contributed by atoms with van der Waals surface area (Å²) in [6.45, 7) is 2.20. The number of nitrogens with zero attached hydrogens (tertiary/aromatic N) is 5. The summed E-state index contributed by atoms with van der Waals surface area (Å²) in [6, 6.07) is 111. The Balaban J connectivity index is 0.877. The number of rotatable bonds is 10. The van der Waals surface area contributed by atoms with E-state index in [-0.39, 0.29) is 0 Å². The Bertz CT molecular complexity index is 4800. The normalized spacial score (nSPS) is 11.9. The molecule has 0 radical (unpaired) electrons. The maximum absolute atomic E-state index is 5.48. The van der Waals surface area contributed by atoms with Crippen LogP contribution in [0.25, 0.3) is 116 Å². The van der Waals surface area contributed by atoms with Gasteiger partial charge in [-0.1, -0.05) is 230 Å². The second-order valence-electron chi connectivity index (χ2n) is 21.8. The first-order valence-electron chi connectivity index (χ1n) is 28.5. The van der Waals surface area contributed by atoms with Crippen LogP contribution in [0.4, 0.5) is 0 Å². The average Bonchev–Trinajstić information content (AvgIpc) is 4.29. The Labute approximate surface area is 481 Å². The number of para-hydroxylation sites is 4. The number of aromatic nitrogens is 5. The second-order valence-corrected chi connectivity index (χ2v) is 25.6. The van der Waals surface area contributed by atoms with Gasteiger partial charge in [-0.25, -0.2) is 9.97 Å². The van der Waals surface area contributed by atoms with E-state index >= 15 is 0 Å². The van der Waals surface area contributed by atoms with Crippen LogP contribution in [0.2, 0.25) is 0 Å². The Kier molecular flexibility index (Phi) is 11.4. The SMILES string of the molecule is Cc1ccc2c(c1)c1cc([Si](c3ccccc3)(c3ccccc3)c3ccccc3)ccc1n2-c1ccc(-c2cc(-c3cc(-n4c5ccccc5c5ccccc54)cc(-n4c5ccccc5c5ccccc54)c3)nc(-c3ccccc3)n2)cc1. The van der Waals surface area contributed by atoms with Gasteiger partial charge in [0.25, 0.3) is 0 Å². The molecule has 0 amide bonds. The van der Waals surface area contributed by atoms with Crippen LogP contribution in [0.3, 0.4) is 0 Å². The van der Waals surface area contributed by atoms with E-state index in [1.54, 1.807) is 0 Å². The van der Waals surface area contributed by atoms with E-state index in [1.165, 1.54) is 64.1 Å². The summed E-state index contributed by atoms with van der Waals surface area (Å²) in [5.74, 6) is 0.664. The molecule has 0 aliphatic carbocycles. The smallest absolute Gasteiger partial charge is 0.179 e. The first-order chi connectivity index (χ1) is 41.1. The zero-order valence-electron chi connectivity index (χ0n) is 45.6. The quantitative estimate of drug-likeness (QED) is 0.101. The molecular weight excluding hydrogens is 1020 g/mol. The van der Waals surface area contributed by atoms with E-state index in [1.807, 2.05) is 6.07 Å². The lowest BCUT2D eigenvalue weighted by molar-refractivity contribution is 1.13. The molecule has 0 N–H and O–H groups in total. The van der Waals surface area contributed by atoms with E-state index in [9.17, 15) is 0 Å². The predicted molar refractivity (Wildman–Crippen MR) is 350 cm³/mol. The van der Waals surface area contributed by atoms with Crippen molar-refractivity contribution in [2.75, 3.05) is 0 Å². The monoisotopic (exact) mass is 1080 g/mol. The van der Waals surface area contributed by atoms with E-state index in [4.69, 9.17) is 9.97 Å². The fourth-order valence-corrected chi connectivity index (χ4v) is 18.1. The van der Waals surface area contributed by atoms with Crippen LogP contribution >= 0.6 is 0 Å². The van der Waals surface area contributed by atoms with Crippen molar-refractivity contribution in [3.05, 3.63) is 309 Å². The first-order valence-corrected chi connectivity index (χ1v) is 30.5. The standard InChI is InChI=1S/C77H53N5Si/c1-52-38-44-75-67(46-52)68-50-62(83(59-24-8-3-9-25-59,60-26-10-4-11-27-60)61-28-12-5-13-29-61)43-45-76(68)80(75)56-41-39-53(40-42-56)69-51-70(79-77(78-69)54-22-6-2-7-23-54)55-47-57(81-71-34-18-14-30-63(71)64-31-15-19-35-72(64)81)49-58(48-55)82-73-36-20-16-32-65(73)66-33-17-21-37-74(66)82/h2-51H,1H3. The molecule has 390 valence electrons. The Morgan fingerprint density at radius 2 is 0.639 bits per heavy atom. The number of aryl methyl sites for hydroxylation is 1. The molecule has 0 atom stereocenters. The van der Waals surface area contributed by atoms with Crippen molar-refractivity contribution in [2.45, 2.75) is 6.92 Å². The highest BCUT2D eigenvalue weighted by molar-refractivity contribution is 7.20. The van der Waals surface area contributed by atoms with Crippen LogP contribution < -0.4 is 20.7 Å². The molecule has 0 aliphatic heterocycles. The zero-order valence-corrected chi connectivity index (χ0v) is 46.6. The number of benzene rings is 12. The van der Waals surface area contributed by atoms with Crippen molar-refractivity contribution in [3.8, 4) is 51.0 Å². The zero-order chi connectivity index (χ0) is 55.0. The molecule has 0 saturated heterocycles. The molecular formula is C77H53N5Si. The maximum atomic E-state index is 5.48. The molecule has 0 aliphatic rings. The molecule has 0 saturated carbocycles.